The number of ether oxygens (including phenoxy) is 2. The molecule has 5 rings (SSSR count). The molecule has 1 aromatic heterocycles. The third-order valence-corrected chi connectivity index (χ3v) is 7.05. The molecule has 2 saturated carbocycles. The number of urea groups is 1. The van der Waals surface area contributed by atoms with Gasteiger partial charge >= 0.3 is 6.03 Å². The minimum absolute atomic E-state index is 0.0495. The molecule has 3 aliphatic rings. The third-order valence-electron chi connectivity index (χ3n) is 7.05. The van der Waals surface area contributed by atoms with Crippen molar-refractivity contribution in [3.8, 4) is 5.88 Å². The highest BCUT2D eigenvalue weighted by Crippen LogP contribution is 2.58. The van der Waals surface area contributed by atoms with Crippen molar-refractivity contribution in [2.75, 3.05) is 6.61 Å². The molecule has 0 unspecified atom stereocenters. The number of carbonyl (C=O) groups excluding carboxylic acids is 3. The Morgan fingerprint density at radius 3 is 2.62 bits per heavy atom. The summed E-state index contributed by atoms with van der Waals surface area (Å²) >= 11 is 0. The van der Waals surface area contributed by atoms with Crippen molar-refractivity contribution in [1.82, 2.24) is 15.2 Å². The number of nitrogens with two attached hydrogens (primary N) is 1. The second kappa shape index (κ2) is 9.06. The molecule has 3 N–H and O–H groups in total. The van der Waals surface area contributed by atoms with Gasteiger partial charge in [-0.25, -0.2) is 9.78 Å². The van der Waals surface area contributed by atoms with Crippen LogP contribution in [0.1, 0.15) is 48.0 Å². The van der Waals surface area contributed by atoms with Gasteiger partial charge in [0.25, 0.3) is 11.8 Å². The van der Waals surface area contributed by atoms with E-state index in [1.165, 1.54) is 4.90 Å². The fourth-order valence-electron chi connectivity index (χ4n) is 5.33. The van der Waals surface area contributed by atoms with Crippen molar-refractivity contribution >= 4 is 17.8 Å². The fourth-order valence-corrected chi connectivity index (χ4v) is 5.33. The van der Waals surface area contributed by atoms with Crippen molar-refractivity contribution < 1.29 is 23.9 Å². The Balaban J connectivity index is 1.07. The second-order valence-electron chi connectivity index (χ2n) is 9.47. The smallest absolute Gasteiger partial charge is 0.325 e. The normalized spacial score (nSPS) is 27.8. The zero-order chi connectivity index (χ0) is 23.7. The Bertz CT molecular complexity index is 1080. The Labute approximate surface area is 197 Å². The zero-order valence-electron chi connectivity index (χ0n) is 18.8. The van der Waals surface area contributed by atoms with Crippen LogP contribution in [0, 0.1) is 5.41 Å². The van der Waals surface area contributed by atoms with Gasteiger partial charge in [-0.05, 0) is 48.8 Å². The predicted molar refractivity (Wildman–Crippen MR) is 122 cm³/mol. The third kappa shape index (κ3) is 4.35. The SMILES string of the molecule is NC(=O)c1cccnc1O[C@H]1CC2(C1)C[C@H](N1C(=O)N[C@@H](CCOCc3ccccc3)C1=O)C2. The number of pyridine rings is 1. The van der Waals surface area contributed by atoms with Gasteiger partial charge in [-0.1, -0.05) is 30.3 Å². The number of aromatic nitrogens is 1. The molecule has 1 aromatic carbocycles. The molecule has 9 nitrogen and oxygen atoms in total. The molecule has 0 bridgehead atoms. The second-order valence-corrected chi connectivity index (χ2v) is 9.47. The summed E-state index contributed by atoms with van der Waals surface area (Å²) in [6, 6.07) is 12.1. The van der Waals surface area contributed by atoms with Crippen LogP contribution in [0.25, 0.3) is 0 Å². The minimum atomic E-state index is -0.570. The van der Waals surface area contributed by atoms with E-state index in [9.17, 15) is 14.4 Å². The number of benzene rings is 1. The number of imide groups is 1. The van der Waals surface area contributed by atoms with Crippen molar-refractivity contribution in [3.63, 3.8) is 0 Å². The van der Waals surface area contributed by atoms with Crippen LogP contribution in [0.2, 0.25) is 0 Å². The van der Waals surface area contributed by atoms with Crippen molar-refractivity contribution in [2.24, 2.45) is 11.1 Å². The first-order valence-corrected chi connectivity index (χ1v) is 11.6. The summed E-state index contributed by atoms with van der Waals surface area (Å²) in [5, 5.41) is 2.80. The molecular weight excluding hydrogens is 436 g/mol. The van der Waals surface area contributed by atoms with Crippen LogP contribution >= 0.6 is 0 Å². The lowest BCUT2D eigenvalue weighted by Gasteiger charge is -2.58. The van der Waals surface area contributed by atoms with Crippen LogP contribution in [0.15, 0.2) is 48.7 Å². The molecule has 1 aliphatic heterocycles. The molecule has 1 atom stereocenters. The first kappa shape index (κ1) is 22.3. The molecule has 1 saturated heterocycles. The van der Waals surface area contributed by atoms with Gasteiger partial charge in [0.05, 0.1) is 6.61 Å². The van der Waals surface area contributed by atoms with Crippen LogP contribution in [-0.2, 0) is 16.1 Å². The average molecular weight is 465 g/mol. The number of primary amides is 1. The molecule has 9 heteroatoms. The number of amides is 4. The van der Waals surface area contributed by atoms with E-state index in [1.807, 2.05) is 30.3 Å². The zero-order valence-corrected chi connectivity index (χ0v) is 18.8. The molecule has 0 radical (unpaired) electrons. The Kier molecular flexibility index (Phi) is 5.95. The van der Waals surface area contributed by atoms with Crippen LogP contribution in [0.5, 0.6) is 5.88 Å². The van der Waals surface area contributed by atoms with Crippen molar-refractivity contribution in [2.45, 2.75) is 56.9 Å². The topological polar surface area (TPSA) is 124 Å². The highest BCUT2D eigenvalue weighted by atomic mass is 16.5. The summed E-state index contributed by atoms with van der Waals surface area (Å²) in [7, 11) is 0. The van der Waals surface area contributed by atoms with Gasteiger partial charge in [0.1, 0.15) is 17.7 Å². The first-order chi connectivity index (χ1) is 16.4. The summed E-state index contributed by atoms with van der Waals surface area (Å²) in [4.78, 5) is 42.4. The van der Waals surface area contributed by atoms with Gasteiger partial charge in [-0.15, -0.1) is 0 Å². The lowest BCUT2D eigenvalue weighted by molar-refractivity contribution is -0.141. The van der Waals surface area contributed by atoms with E-state index < -0.39 is 11.9 Å². The number of nitrogens with one attached hydrogen (secondary N) is 1. The van der Waals surface area contributed by atoms with E-state index in [-0.39, 0.29) is 40.9 Å². The summed E-state index contributed by atoms with van der Waals surface area (Å²) in [6.07, 6.45) is 5.12. The molecular formula is C25H28N4O5. The lowest BCUT2D eigenvalue weighted by Crippen LogP contribution is -2.60. The molecule has 178 valence electrons. The van der Waals surface area contributed by atoms with E-state index in [1.54, 1.807) is 18.3 Å². The van der Waals surface area contributed by atoms with Gasteiger partial charge in [0.2, 0.25) is 5.88 Å². The van der Waals surface area contributed by atoms with E-state index in [0.717, 1.165) is 31.2 Å². The maximum atomic E-state index is 12.8. The number of rotatable bonds is 9. The largest absolute Gasteiger partial charge is 0.474 e. The van der Waals surface area contributed by atoms with E-state index in [4.69, 9.17) is 15.2 Å². The number of hydrogen-bond acceptors (Lipinski definition) is 6. The van der Waals surface area contributed by atoms with E-state index in [2.05, 4.69) is 10.3 Å². The monoisotopic (exact) mass is 464 g/mol. The van der Waals surface area contributed by atoms with Crippen LogP contribution in [0.4, 0.5) is 4.79 Å². The van der Waals surface area contributed by atoms with Crippen LogP contribution in [-0.4, -0.2) is 52.5 Å². The minimum Gasteiger partial charge on any atom is -0.474 e. The van der Waals surface area contributed by atoms with Crippen LogP contribution in [0.3, 0.4) is 0 Å². The van der Waals surface area contributed by atoms with Crippen molar-refractivity contribution in [3.05, 3.63) is 59.8 Å². The summed E-state index contributed by atoms with van der Waals surface area (Å²) in [6.45, 7) is 0.876. The Morgan fingerprint density at radius 1 is 1.12 bits per heavy atom. The maximum Gasteiger partial charge on any atom is 0.325 e. The van der Waals surface area contributed by atoms with Gasteiger partial charge in [-0.2, -0.15) is 0 Å². The maximum absolute atomic E-state index is 12.8. The molecule has 3 fully saturated rings. The number of carbonyl (C=O) groups is 3. The first-order valence-electron chi connectivity index (χ1n) is 11.6. The summed E-state index contributed by atoms with van der Waals surface area (Å²) in [5.41, 5.74) is 6.81. The lowest BCUT2D eigenvalue weighted by atomic mass is 9.52. The average Bonchev–Trinajstić information content (AvgIpc) is 3.06. The predicted octanol–water partition coefficient (Wildman–Crippen LogP) is 2.40. The highest BCUT2D eigenvalue weighted by Gasteiger charge is 2.58. The molecule has 2 heterocycles. The highest BCUT2D eigenvalue weighted by molar-refractivity contribution is 6.04. The number of nitrogens with zero attached hydrogens (tertiary/aromatic N) is 2. The van der Waals surface area contributed by atoms with Gasteiger partial charge in [-0.3, -0.25) is 14.5 Å². The van der Waals surface area contributed by atoms with Gasteiger partial charge in [0, 0.05) is 25.3 Å². The molecule has 2 aliphatic carbocycles. The Hall–Kier alpha value is -3.46. The van der Waals surface area contributed by atoms with Crippen LogP contribution < -0.4 is 15.8 Å². The molecule has 4 amide bonds. The molecule has 1 spiro atoms. The Morgan fingerprint density at radius 2 is 1.88 bits per heavy atom. The summed E-state index contributed by atoms with van der Waals surface area (Å²) in [5.74, 6) is -0.476. The molecule has 34 heavy (non-hydrogen) atoms. The quantitative estimate of drug-likeness (QED) is 0.434. The van der Waals surface area contributed by atoms with Gasteiger partial charge < -0.3 is 20.5 Å². The number of hydrogen-bond donors (Lipinski definition) is 2. The fraction of sp³-hybridized carbons (Fsp3) is 0.440. The molecule has 2 aromatic rings. The van der Waals surface area contributed by atoms with Crippen molar-refractivity contribution in [1.29, 1.82) is 0 Å². The van der Waals surface area contributed by atoms with E-state index >= 15 is 0 Å². The van der Waals surface area contributed by atoms with Gasteiger partial charge in [0.15, 0.2) is 0 Å². The van der Waals surface area contributed by atoms with E-state index in [0.29, 0.717) is 19.6 Å². The standard InChI is InChI=1S/C25H28N4O5/c26-21(30)19-7-4-9-27-22(19)34-18-13-25(14-18)11-17(12-25)29-23(31)20(28-24(29)32)8-10-33-15-16-5-2-1-3-6-16/h1-7,9,17-18,20H,8,10-15H2,(H2,26,30)(H,28,32)/t17-,18-,20-,25?/m0/s1. The summed E-state index contributed by atoms with van der Waals surface area (Å²) < 4.78 is 11.6.